The lowest BCUT2D eigenvalue weighted by atomic mass is 10.3. The summed E-state index contributed by atoms with van der Waals surface area (Å²) < 4.78 is 0. The van der Waals surface area contributed by atoms with Gasteiger partial charge in [-0.1, -0.05) is 0 Å². The molecule has 0 aromatic carbocycles. The van der Waals surface area contributed by atoms with Crippen molar-refractivity contribution in [3.8, 4) is 0 Å². The lowest BCUT2D eigenvalue weighted by molar-refractivity contribution is 0.779. The summed E-state index contributed by atoms with van der Waals surface area (Å²) in [7, 11) is 0. The fourth-order valence-electron chi connectivity index (χ4n) is 2.23. The van der Waals surface area contributed by atoms with Crippen LogP contribution in [0.1, 0.15) is 25.3 Å². The van der Waals surface area contributed by atoms with Crippen LogP contribution in [0.5, 0.6) is 0 Å². The molecule has 0 aliphatic heterocycles. The molecule has 1 aliphatic rings. The van der Waals surface area contributed by atoms with Crippen molar-refractivity contribution < 1.29 is 0 Å². The van der Waals surface area contributed by atoms with Crippen molar-refractivity contribution in [2.75, 3.05) is 22.5 Å². The van der Waals surface area contributed by atoms with E-state index in [1.807, 2.05) is 13.0 Å². The van der Waals surface area contributed by atoms with Crippen LogP contribution in [0.4, 0.5) is 17.6 Å². The number of nitrogen functional groups attached to an aromatic ring is 1. The SMILES string of the molecule is CCNc1cc(N(Cc2ccsc2)C2CC2)nc(N)n1. The Morgan fingerprint density at radius 3 is 2.95 bits per heavy atom. The Labute approximate surface area is 122 Å². The normalized spacial score (nSPS) is 14.2. The molecule has 0 unspecified atom stereocenters. The summed E-state index contributed by atoms with van der Waals surface area (Å²) in [4.78, 5) is 11.0. The number of hydrogen-bond donors (Lipinski definition) is 2. The van der Waals surface area contributed by atoms with Gasteiger partial charge in [-0.05, 0) is 42.2 Å². The van der Waals surface area contributed by atoms with Gasteiger partial charge >= 0.3 is 0 Å². The maximum absolute atomic E-state index is 5.83. The van der Waals surface area contributed by atoms with Gasteiger partial charge in [-0.3, -0.25) is 0 Å². The molecule has 0 atom stereocenters. The summed E-state index contributed by atoms with van der Waals surface area (Å²) in [5.41, 5.74) is 7.16. The van der Waals surface area contributed by atoms with Gasteiger partial charge in [-0.2, -0.15) is 21.3 Å². The highest BCUT2D eigenvalue weighted by Gasteiger charge is 2.30. The van der Waals surface area contributed by atoms with Crippen molar-refractivity contribution in [1.29, 1.82) is 0 Å². The molecule has 20 heavy (non-hydrogen) atoms. The van der Waals surface area contributed by atoms with Gasteiger partial charge in [0.15, 0.2) is 0 Å². The molecule has 0 bridgehead atoms. The molecule has 0 spiro atoms. The van der Waals surface area contributed by atoms with Gasteiger partial charge in [0.05, 0.1) is 0 Å². The number of nitrogens with zero attached hydrogens (tertiary/aromatic N) is 3. The van der Waals surface area contributed by atoms with Crippen LogP contribution in [-0.4, -0.2) is 22.6 Å². The summed E-state index contributed by atoms with van der Waals surface area (Å²) in [5, 5.41) is 7.50. The van der Waals surface area contributed by atoms with Crippen molar-refractivity contribution in [2.24, 2.45) is 0 Å². The van der Waals surface area contributed by atoms with Crippen LogP contribution in [0.15, 0.2) is 22.9 Å². The first-order chi connectivity index (χ1) is 9.76. The van der Waals surface area contributed by atoms with Gasteiger partial charge in [0.2, 0.25) is 5.95 Å². The molecule has 0 saturated heterocycles. The smallest absolute Gasteiger partial charge is 0.223 e. The third-order valence-corrected chi connectivity index (χ3v) is 4.03. The largest absolute Gasteiger partial charge is 0.370 e. The first-order valence-electron chi connectivity index (χ1n) is 6.92. The number of nitrogens with two attached hydrogens (primary N) is 1. The van der Waals surface area contributed by atoms with Crippen molar-refractivity contribution >= 4 is 28.9 Å². The van der Waals surface area contributed by atoms with E-state index in [1.54, 1.807) is 11.3 Å². The van der Waals surface area contributed by atoms with Crippen molar-refractivity contribution in [3.63, 3.8) is 0 Å². The summed E-state index contributed by atoms with van der Waals surface area (Å²) in [5.74, 6) is 2.04. The molecular weight excluding hydrogens is 270 g/mol. The lowest BCUT2D eigenvalue weighted by Gasteiger charge is -2.23. The predicted octanol–water partition coefficient (Wildman–Crippen LogP) is 2.72. The number of nitrogens with one attached hydrogen (secondary N) is 1. The minimum atomic E-state index is 0.328. The third kappa shape index (κ3) is 3.01. The van der Waals surface area contributed by atoms with Crippen LogP contribution in [0.3, 0.4) is 0 Å². The van der Waals surface area contributed by atoms with E-state index in [9.17, 15) is 0 Å². The standard InChI is InChI=1S/C14H19N5S/c1-2-16-12-7-13(18-14(15)17-12)19(11-3-4-11)8-10-5-6-20-9-10/h5-7,9,11H,2-4,8H2,1H3,(H3,15,16,17,18). The highest BCUT2D eigenvalue weighted by Crippen LogP contribution is 2.33. The zero-order valence-electron chi connectivity index (χ0n) is 11.5. The minimum Gasteiger partial charge on any atom is -0.370 e. The molecule has 106 valence electrons. The minimum absolute atomic E-state index is 0.328. The van der Waals surface area contributed by atoms with Crippen LogP contribution in [-0.2, 0) is 6.54 Å². The molecule has 1 saturated carbocycles. The number of anilines is 3. The van der Waals surface area contributed by atoms with Crippen LogP contribution in [0.2, 0.25) is 0 Å². The molecule has 1 aliphatic carbocycles. The van der Waals surface area contributed by atoms with E-state index in [0.29, 0.717) is 12.0 Å². The van der Waals surface area contributed by atoms with Gasteiger partial charge in [-0.15, -0.1) is 0 Å². The van der Waals surface area contributed by atoms with E-state index in [1.165, 1.54) is 18.4 Å². The van der Waals surface area contributed by atoms with E-state index >= 15 is 0 Å². The summed E-state index contributed by atoms with van der Waals surface area (Å²) in [6.45, 7) is 3.75. The summed E-state index contributed by atoms with van der Waals surface area (Å²) in [6.07, 6.45) is 2.45. The van der Waals surface area contributed by atoms with Gasteiger partial charge in [0.1, 0.15) is 11.6 Å². The molecule has 0 amide bonds. The summed E-state index contributed by atoms with van der Waals surface area (Å²) in [6, 6.07) is 4.74. The Morgan fingerprint density at radius 2 is 2.30 bits per heavy atom. The van der Waals surface area contributed by atoms with Crippen molar-refractivity contribution in [1.82, 2.24) is 9.97 Å². The fraction of sp³-hybridized carbons (Fsp3) is 0.429. The number of aromatic nitrogens is 2. The molecule has 3 N–H and O–H groups in total. The third-order valence-electron chi connectivity index (χ3n) is 3.30. The maximum atomic E-state index is 5.83. The number of thiophene rings is 1. The van der Waals surface area contributed by atoms with E-state index < -0.39 is 0 Å². The number of rotatable bonds is 6. The maximum Gasteiger partial charge on any atom is 0.223 e. The molecule has 2 heterocycles. The second-order valence-corrected chi connectivity index (χ2v) is 5.77. The highest BCUT2D eigenvalue weighted by atomic mass is 32.1. The molecule has 5 nitrogen and oxygen atoms in total. The Hall–Kier alpha value is -1.82. The molecule has 0 radical (unpaired) electrons. The quantitative estimate of drug-likeness (QED) is 0.856. The fourth-order valence-corrected chi connectivity index (χ4v) is 2.89. The average molecular weight is 289 g/mol. The van der Waals surface area contributed by atoms with Gasteiger partial charge in [-0.25, -0.2) is 0 Å². The van der Waals surface area contributed by atoms with Gasteiger partial charge < -0.3 is 16.0 Å². The van der Waals surface area contributed by atoms with Gasteiger partial charge in [0.25, 0.3) is 0 Å². The molecule has 1 fully saturated rings. The zero-order valence-corrected chi connectivity index (χ0v) is 12.4. The predicted molar refractivity (Wildman–Crippen MR) is 84.1 cm³/mol. The molecule has 2 aromatic heterocycles. The van der Waals surface area contributed by atoms with Crippen LogP contribution in [0, 0.1) is 0 Å². The van der Waals surface area contributed by atoms with Crippen molar-refractivity contribution in [2.45, 2.75) is 32.4 Å². The topological polar surface area (TPSA) is 67.1 Å². The second-order valence-electron chi connectivity index (χ2n) is 4.99. The first-order valence-corrected chi connectivity index (χ1v) is 7.86. The molecular formula is C14H19N5S. The van der Waals surface area contributed by atoms with Gasteiger partial charge in [0, 0.05) is 25.2 Å². The summed E-state index contributed by atoms with van der Waals surface area (Å²) >= 11 is 1.73. The lowest BCUT2D eigenvalue weighted by Crippen LogP contribution is -2.26. The molecule has 2 aromatic rings. The molecule has 6 heteroatoms. The van der Waals surface area contributed by atoms with E-state index in [0.717, 1.165) is 24.7 Å². The average Bonchev–Trinajstić information content (AvgIpc) is 3.12. The Balaban J connectivity index is 1.86. The Morgan fingerprint density at radius 1 is 1.45 bits per heavy atom. The van der Waals surface area contributed by atoms with Crippen LogP contribution in [0.25, 0.3) is 0 Å². The van der Waals surface area contributed by atoms with E-state index in [2.05, 4.69) is 37.0 Å². The second kappa shape index (κ2) is 5.66. The Bertz CT molecular complexity index is 565. The number of hydrogen-bond acceptors (Lipinski definition) is 6. The van der Waals surface area contributed by atoms with Crippen LogP contribution >= 0.6 is 11.3 Å². The highest BCUT2D eigenvalue weighted by molar-refractivity contribution is 7.07. The van der Waals surface area contributed by atoms with Crippen molar-refractivity contribution in [3.05, 3.63) is 28.5 Å². The first kappa shape index (κ1) is 13.2. The van der Waals surface area contributed by atoms with E-state index in [4.69, 9.17) is 5.73 Å². The monoisotopic (exact) mass is 289 g/mol. The van der Waals surface area contributed by atoms with Crippen LogP contribution < -0.4 is 16.0 Å². The zero-order chi connectivity index (χ0) is 13.9. The van der Waals surface area contributed by atoms with E-state index in [-0.39, 0.29) is 0 Å². The molecule has 3 rings (SSSR count). The Kier molecular flexibility index (Phi) is 3.73.